The van der Waals surface area contributed by atoms with Crippen LogP contribution in [0.1, 0.15) is 16.7 Å². The summed E-state index contributed by atoms with van der Waals surface area (Å²) in [6.45, 7) is 3.54. The van der Waals surface area contributed by atoms with Crippen LogP contribution in [0.25, 0.3) is 0 Å². The van der Waals surface area contributed by atoms with E-state index in [2.05, 4.69) is 11.6 Å². The lowest BCUT2D eigenvalue weighted by Crippen LogP contribution is -2.13. The van der Waals surface area contributed by atoms with Gasteiger partial charge in [0.1, 0.15) is 17.7 Å². The van der Waals surface area contributed by atoms with Gasteiger partial charge in [-0.2, -0.15) is 0 Å². The van der Waals surface area contributed by atoms with Crippen molar-refractivity contribution in [3.63, 3.8) is 0 Å². The van der Waals surface area contributed by atoms with Crippen molar-refractivity contribution in [3.05, 3.63) is 62.5 Å². The topological polar surface area (TPSA) is 59.4 Å². The molecule has 0 bridgehead atoms. The van der Waals surface area contributed by atoms with Crippen LogP contribution in [0.15, 0.2) is 41.9 Å². The van der Waals surface area contributed by atoms with Gasteiger partial charge in [-0.05, 0) is 23.8 Å². The lowest BCUT2D eigenvalue weighted by Gasteiger charge is -2.11. The van der Waals surface area contributed by atoms with Crippen LogP contribution in [-0.4, -0.2) is 16.1 Å². The first-order valence-corrected chi connectivity index (χ1v) is 7.49. The number of carbonyl (C=O) groups is 1. The molecule has 1 atom stereocenters. The highest BCUT2D eigenvalue weighted by molar-refractivity contribution is 7.09. The maximum Gasteiger partial charge on any atom is 0.336 e. The molecule has 2 aromatic rings. The Kier molecular flexibility index (Phi) is 5.36. The van der Waals surface area contributed by atoms with Crippen molar-refractivity contribution in [1.82, 2.24) is 4.98 Å². The molecule has 0 aliphatic carbocycles. The highest BCUT2D eigenvalue weighted by atomic mass is 35.5. The normalized spacial score (nSPS) is 12.0. The molecule has 0 fully saturated rings. The zero-order chi connectivity index (χ0) is 15.4. The summed E-state index contributed by atoms with van der Waals surface area (Å²) in [7, 11) is 0. The van der Waals surface area contributed by atoms with E-state index in [1.165, 1.54) is 17.5 Å². The molecule has 21 heavy (non-hydrogen) atoms. The molecule has 0 aliphatic rings. The van der Waals surface area contributed by atoms with Crippen LogP contribution in [0.3, 0.4) is 0 Å². The number of halogens is 2. The number of hydrogen-bond donors (Lipinski definition) is 1. The molecular weight excluding hydrogens is 333 g/mol. The average Bonchev–Trinajstić information content (AvgIpc) is 2.96. The second kappa shape index (κ2) is 7.04. The van der Waals surface area contributed by atoms with Crippen molar-refractivity contribution in [1.29, 1.82) is 0 Å². The van der Waals surface area contributed by atoms with Crippen LogP contribution in [0.5, 0.6) is 0 Å². The Labute approximate surface area is 135 Å². The zero-order valence-electron chi connectivity index (χ0n) is 10.8. The lowest BCUT2D eigenvalue weighted by atomic mass is 10.2. The third kappa shape index (κ3) is 4.28. The Morgan fingerprint density at radius 3 is 2.62 bits per heavy atom. The van der Waals surface area contributed by atoms with Gasteiger partial charge in [0.25, 0.3) is 0 Å². The standard InChI is InChI=1S/C14H11Cl2NO3S/c1-8(12(18)13-17-2-3-21-13)14(19)20-7-9-4-10(15)6-11(16)5-9/h2-6,12,18H,1,7H2. The predicted octanol–water partition coefficient (Wildman–Crippen LogP) is 3.78. The number of rotatable bonds is 5. The van der Waals surface area contributed by atoms with E-state index in [4.69, 9.17) is 27.9 Å². The molecule has 1 N–H and O–H groups in total. The number of aliphatic hydroxyl groups is 1. The summed E-state index contributed by atoms with van der Waals surface area (Å²) in [5.41, 5.74) is 0.579. The van der Waals surface area contributed by atoms with E-state index in [1.54, 1.807) is 23.6 Å². The number of aliphatic hydroxyl groups excluding tert-OH is 1. The minimum Gasteiger partial charge on any atom is -0.457 e. The largest absolute Gasteiger partial charge is 0.457 e. The second-order valence-corrected chi connectivity index (χ2v) is 5.95. The summed E-state index contributed by atoms with van der Waals surface area (Å²) < 4.78 is 5.08. The number of aromatic nitrogens is 1. The fraction of sp³-hybridized carbons (Fsp3) is 0.143. The fourth-order valence-corrected chi connectivity index (χ4v) is 2.79. The molecule has 0 saturated heterocycles. The molecule has 1 aromatic carbocycles. The quantitative estimate of drug-likeness (QED) is 0.662. The van der Waals surface area contributed by atoms with Crippen LogP contribution in [0.2, 0.25) is 10.0 Å². The molecule has 2 rings (SSSR count). The van der Waals surface area contributed by atoms with E-state index in [1.807, 2.05) is 0 Å². The lowest BCUT2D eigenvalue weighted by molar-refractivity contribution is -0.141. The average molecular weight is 344 g/mol. The maximum atomic E-state index is 11.9. The van der Waals surface area contributed by atoms with Crippen molar-refractivity contribution in [2.75, 3.05) is 0 Å². The first kappa shape index (κ1) is 16.0. The molecule has 0 aliphatic heterocycles. The summed E-state index contributed by atoms with van der Waals surface area (Å²) in [5.74, 6) is -0.700. The molecule has 0 saturated carbocycles. The van der Waals surface area contributed by atoms with Crippen LogP contribution in [0.4, 0.5) is 0 Å². The second-order valence-electron chi connectivity index (χ2n) is 4.15. The van der Waals surface area contributed by atoms with Crippen molar-refractivity contribution < 1.29 is 14.6 Å². The summed E-state index contributed by atoms with van der Waals surface area (Å²) in [6.07, 6.45) is 0.371. The summed E-state index contributed by atoms with van der Waals surface area (Å²) in [4.78, 5) is 15.8. The highest BCUT2D eigenvalue weighted by Gasteiger charge is 2.21. The number of ether oxygens (including phenoxy) is 1. The Hall–Kier alpha value is -1.40. The number of hydrogen-bond acceptors (Lipinski definition) is 5. The molecule has 0 radical (unpaired) electrons. The van der Waals surface area contributed by atoms with Crippen LogP contribution < -0.4 is 0 Å². The Balaban J connectivity index is 1.96. The van der Waals surface area contributed by atoms with Gasteiger partial charge in [-0.15, -0.1) is 11.3 Å². The number of nitrogens with zero attached hydrogens (tertiary/aromatic N) is 1. The molecule has 1 heterocycles. The predicted molar refractivity (Wildman–Crippen MR) is 82.5 cm³/mol. The van der Waals surface area contributed by atoms with Crippen molar-refractivity contribution in [2.45, 2.75) is 12.7 Å². The summed E-state index contributed by atoms with van der Waals surface area (Å²) in [6, 6.07) is 4.86. The van der Waals surface area contributed by atoms with E-state index >= 15 is 0 Å². The third-order valence-corrected chi connectivity index (χ3v) is 3.83. The Morgan fingerprint density at radius 1 is 1.38 bits per heavy atom. The van der Waals surface area contributed by atoms with Crippen LogP contribution >= 0.6 is 34.5 Å². The smallest absolute Gasteiger partial charge is 0.336 e. The number of carbonyl (C=O) groups excluding carboxylic acids is 1. The van der Waals surface area contributed by atoms with Gasteiger partial charge < -0.3 is 9.84 Å². The fourth-order valence-electron chi connectivity index (χ4n) is 1.57. The maximum absolute atomic E-state index is 11.9. The molecule has 7 heteroatoms. The number of esters is 1. The van der Waals surface area contributed by atoms with Gasteiger partial charge in [0, 0.05) is 21.6 Å². The molecular formula is C14H11Cl2NO3S. The van der Waals surface area contributed by atoms with Crippen molar-refractivity contribution in [2.24, 2.45) is 0 Å². The summed E-state index contributed by atoms with van der Waals surface area (Å²) >= 11 is 12.9. The van der Waals surface area contributed by atoms with Crippen LogP contribution in [-0.2, 0) is 16.1 Å². The third-order valence-electron chi connectivity index (χ3n) is 2.57. The first-order valence-electron chi connectivity index (χ1n) is 5.85. The SMILES string of the molecule is C=C(C(=O)OCc1cc(Cl)cc(Cl)c1)C(O)c1nccs1. The van der Waals surface area contributed by atoms with Gasteiger partial charge in [0.05, 0.1) is 5.57 Å². The number of benzene rings is 1. The number of thiazole rings is 1. The van der Waals surface area contributed by atoms with Crippen molar-refractivity contribution >= 4 is 40.5 Å². The monoisotopic (exact) mass is 343 g/mol. The van der Waals surface area contributed by atoms with E-state index in [-0.39, 0.29) is 12.2 Å². The van der Waals surface area contributed by atoms with E-state index < -0.39 is 12.1 Å². The van der Waals surface area contributed by atoms with E-state index in [9.17, 15) is 9.90 Å². The minimum absolute atomic E-state index is 0.0112. The summed E-state index contributed by atoms with van der Waals surface area (Å²) in [5, 5.41) is 12.9. The van der Waals surface area contributed by atoms with Gasteiger partial charge in [-0.1, -0.05) is 29.8 Å². The van der Waals surface area contributed by atoms with E-state index in [0.717, 1.165) is 0 Å². The molecule has 1 unspecified atom stereocenters. The molecule has 0 spiro atoms. The van der Waals surface area contributed by atoms with Gasteiger partial charge in [0.2, 0.25) is 0 Å². The van der Waals surface area contributed by atoms with Gasteiger partial charge in [-0.25, -0.2) is 9.78 Å². The van der Waals surface area contributed by atoms with Gasteiger partial charge >= 0.3 is 5.97 Å². The zero-order valence-corrected chi connectivity index (χ0v) is 13.1. The molecule has 110 valence electrons. The van der Waals surface area contributed by atoms with Crippen molar-refractivity contribution in [3.8, 4) is 0 Å². The highest BCUT2D eigenvalue weighted by Crippen LogP contribution is 2.24. The first-order chi connectivity index (χ1) is 9.97. The minimum atomic E-state index is -1.17. The molecule has 4 nitrogen and oxygen atoms in total. The molecule has 1 aromatic heterocycles. The Morgan fingerprint density at radius 2 is 2.05 bits per heavy atom. The van der Waals surface area contributed by atoms with Gasteiger partial charge in [0.15, 0.2) is 0 Å². The molecule has 0 amide bonds. The van der Waals surface area contributed by atoms with Gasteiger partial charge in [-0.3, -0.25) is 0 Å². The van der Waals surface area contributed by atoms with Crippen LogP contribution in [0, 0.1) is 0 Å². The Bertz CT molecular complexity index is 638. The van der Waals surface area contributed by atoms with E-state index in [0.29, 0.717) is 20.6 Å².